The number of alkyl halides is 3. The number of rotatable bonds is 5. The van der Waals surface area contributed by atoms with Gasteiger partial charge in [-0.05, 0) is 24.3 Å². The van der Waals surface area contributed by atoms with Gasteiger partial charge in [0.1, 0.15) is 11.5 Å². The highest BCUT2D eigenvalue weighted by molar-refractivity contribution is 5.77. The van der Waals surface area contributed by atoms with Crippen LogP contribution in [0.4, 0.5) is 13.2 Å². The second kappa shape index (κ2) is 6.54. The van der Waals surface area contributed by atoms with Crippen molar-refractivity contribution in [1.82, 2.24) is 5.32 Å². The molecule has 0 saturated carbocycles. The number of terminal acetylenes is 1. The first-order chi connectivity index (χ1) is 8.90. The largest absolute Gasteiger partial charge is 0.573 e. The first kappa shape index (κ1) is 14.7. The van der Waals surface area contributed by atoms with Crippen LogP contribution in [0.5, 0.6) is 11.5 Å². The van der Waals surface area contributed by atoms with E-state index in [2.05, 4.69) is 16.0 Å². The SMILES string of the molecule is C#CCNC(=O)COc1ccc(OC(F)(F)F)cc1. The Morgan fingerprint density at radius 2 is 1.84 bits per heavy atom. The summed E-state index contributed by atoms with van der Waals surface area (Å²) in [6, 6.07) is 4.69. The van der Waals surface area contributed by atoms with E-state index in [1.54, 1.807) is 0 Å². The highest BCUT2D eigenvalue weighted by Gasteiger charge is 2.30. The second-order valence-electron chi connectivity index (χ2n) is 3.29. The summed E-state index contributed by atoms with van der Waals surface area (Å²) in [5.74, 6) is 1.67. The van der Waals surface area contributed by atoms with E-state index in [0.29, 0.717) is 0 Å². The Morgan fingerprint density at radius 1 is 1.26 bits per heavy atom. The van der Waals surface area contributed by atoms with Gasteiger partial charge in [0.2, 0.25) is 0 Å². The highest BCUT2D eigenvalue weighted by Crippen LogP contribution is 2.24. The summed E-state index contributed by atoms with van der Waals surface area (Å²) < 4.78 is 44.4. The predicted octanol–water partition coefficient (Wildman–Crippen LogP) is 1.71. The molecule has 0 aliphatic rings. The van der Waals surface area contributed by atoms with Crippen LogP contribution in [-0.4, -0.2) is 25.4 Å². The van der Waals surface area contributed by atoms with Gasteiger partial charge in [0, 0.05) is 0 Å². The topological polar surface area (TPSA) is 47.6 Å². The fourth-order valence-corrected chi connectivity index (χ4v) is 1.09. The van der Waals surface area contributed by atoms with Gasteiger partial charge in [0.05, 0.1) is 6.54 Å². The Labute approximate surface area is 107 Å². The lowest BCUT2D eigenvalue weighted by Gasteiger charge is -2.10. The number of benzene rings is 1. The van der Waals surface area contributed by atoms with E-state index < -0.39 is 12.3 Å². The molecule has 0 aliphatic heterocycles. The van der Waals surface area contributed by atoms with Crippen molar-refractivity contribution in [1.29, 1.82) is 0 Å². The molecule has 0 aromatic heterocycles. The molecule has 102 valence electrons. The molecule has 19 heavy (non-hydrogen) atoms. The Kier molecular flexibility index (Phi) is 5.06. The van der Waals surface area contributed by atoms with E-state index in [4.69, 9.17) is 11.2 Å². The quantitative estimate of drug-likeness (QED) is 0.831. The molecule has 0 atom stereocenters. The van der Waals surface area contributed by atoms with E-state index in [1.165, 1.54) is 12.1 Å². The zero-order valence-corrected chi connectivity index (χ0v) is 9.66. The van der Waals surface area contributed by atoms with Gasteiger partial charge in [-0.1, -0.05) is 5.92 Å². The van der Waals surface area contributed by atoms with Gasteiger partial charge in [-0.25, -0.2) is 0 Å². The Hall–Kier alpha value is -2.36. The summed E-state index contributed by atoms with van der Waals surface area (Å²) in [6.07, 6.45) is 0.201. The lowest BCUT2D eigenvalue weighted by atomic mass is 10.3. The number of carbonyl (C=O) groups is 1. The van der Waals surface area contributed by atoms with Crippen molar-refractivity contribution in [2.24, 2.45) is 0 Å². The molecule has 1 aromatic carbocycles. The van der Waals surface area contributed by atoms with Gasteiger partial charge in [0.15, 0.2) is 6.61 Å². The van der Waals surface area contributed by atoms with Crippen LogP contribution in [0.2, 0.25) is 0 Å². The van der Waals surface area contributed by atoms with Gasteiger partial charge >= 0.3 is 6.36 Å². The minimum absolute atomic E-state index is 0.0839. The average Bonchev–Trinajstić information content (AvgIpc) is 2.33. The van der Waals surface area contributed by atoms with Gasteiger partial charge in [0.25, 0.3) is 5.91 Å². The third-order valence-corrected chi connectivity index (χ3v) is 1.81. The number of hydrogen-bond donors (Lipinski definition) is 1. The fourth-order valence-electron chi connectivity index (χ4n) is 1.09. The van der Waals surface area contributed by atoms with Gasteiger partial charge in [-0.3, -0.25) is 4.79 Å². The zero-order valence-electron chi connectivity index (χ0n) is 9.66. The maximum absolute atomic E-state index is 11.9. The lowest BCUT2D eigenvalue weighted by molar-refractivity contribution is -0.274. The molecule has 0 heterocycles. The van der Waals surface area contributed by atoms with Crippen molar-refractivity contribution in [3.8, 4) is 23.8 Å². The Morgan fingerprint density at radius 3 is 2.37 bits per heavy atom. The maximum Gasteiger partial charge on any atom is 0.573 e. The summed E-state index contributed by atoms with van der Waals surface area (Å²) >= 11 is 0. The first-order valence-electron chi connectivity index (χ1n) is 5.09. The third kappa shape index (κ3) is 6.21. The van der Waals surface area contributed by atoms with Crippen LogP contribution in [0.1, 0.15) is 0 Å². The number of nitrogens with one attached hydrogen (secondary N) is 1. The minimum Gasteiger partial charge on any atom is -0.484 e. The molecule has 7 heteroatoms. The molecule has 1 rings (SSSR count). The van der Waals surface area contributed by atoms with Crippen LogP contribution in [0.25, 0.3) is 0 Å². The monoisotopic (exact) mass is 273 g/mol. The van der Waals surface area contributed by atoms with E-state index in [0.717, 1.165) is 12.1 Å². The summed E-state index contributed by atoms with van der Waals surface area (Å²) in [7, 11) is 0. The smallest absolute Gasteiger partial charge is 0.484 e. The number of amides is 1. The molecule has 0 fully saturated rings. The van der Waals surface area contributed by atoms with E-state index in [-0.39, 0.29) is 24.7 Å². The summed E-state index contributed by atoms with van der Waals surface area (Å²) in [4.78, 5) is 11.1. The molecule has 1 aromatic rings. The van der Waals surface area contributed by atoms with Crippen molar-refractivity contribution < 1.29 is 27.4 Å². The zero-order chi connectivity index (χ0) is 14.3. The number of halogens is 3. The van der Waals surface area contributed by atoms with Crippen molar-refractivity contribution in [3.05, 3.63) is 24.3 Å². The molecule has 0 aliphatic carbocycles. The van der Waals surface area contributed by atoms with Crippen molar-refractivity contribution >= 4 is 5.91 Å². The number of hydrogen-bond acceptors (Lipinski definition) is 3. The summed E-state index contributed by atoms with van der Waals surface area (Å²) in [5.41, 5.74) is 0. The molecule has 0 unspecified atom stereocenters. The standard InChI is InChI=1S/C12H10F3NO3/c1-2-7-16-11(17)8-18-9-3-5-10(6-4-9)19-12(13,14)15/h1,3-6H,7-8H2,(H,16,17). The van der Waals surface area contributed by atoms with Crippen LogP contribution in [0.3, 0.4) is 0 Å². The van der Waals surface area contributed by atoms with Gasteiger partial charge in [-0.2, -0.15) is 0 Å². The molecule has 0 spiro atoms. The van der Waals surface area contributed by atoms with Crippen molar-refractivity contribution in [3.63, 3.8) is 0 Å². The molecular formula is C12H10F3NO3. The molecule has 0 saturated heterocycles. The molecule has 0 radical (unpaired) electrons. The first-order valence-corrected chi connectivity index (χ1v) is 5.09. The molecule has 1 N–H and O–H groups in total. The van der Waals surface area contributed by atoms with Crippen LogP contribution < -0.4 is 14.8 Å². The normalized spacial score (nSPS) is 10.4. The van der Waals surface area contributed by atoms with Crippen LogP contribution in [-0.2, 0) is 4.79 Å². The molecule has 4 nitrogen and oxygen atoms in total. The number of ether oxygens (including phenoxy) is 2. The lowest BCUT2D eigenvalue weighted by Crippen LogP contribution is -2.29. The fraction of sp³-hybridized carbons (Fsp3) is 0.250. The van der Waals surface area contributed by atoms with Crippen LogP contribution in [0.15, 0.2) is 24.3 Å². The molecule has 1 amide bonds. The number of carbonyl (C=O) groups excluding carboxylic acids is 1. The van der Waals surface area contributed by atoms with Crippen molar-refractivity contribution in [2.45, 2.75) is 6.36 Å². The van der Waals surface area contributed by atoms with Gasteiger partial charge < -0.3 is 14.8 Å². The Balaban J connectivity index is 2.45. The molecular weight excluding hydrogens is 263 g/mol. The van der Waals surface area contributed by atoms with E-state index in [9.17, 15) is 18.0 Å². The summed E-state index contributed by atoms with van der Waals surface area (Å²) in [5, 5.41) is 2.37. The second-order valence-corrected chi connectivity index (χ2v) is 3.29. The highest BCUT2D eigenvalue weighted by atomic mass is 19.4. The molecule has 0 bridgehead atoms. The summed E-state index contributed by atoms with van der Waals surface area (Å²) in [6.45, 7) is -0.193. The minimum atomic E-state index is -4.74. The maximum atomic E-state index is 11.9. The Bertz CT molecular complexity index is 463. The average molecular weight is 273 g/mol. The van der Waals surface area contributed by atoms with Crippen LogP contribution >= 0.6 is 0 Å². The van der Waals surface area contributed by atoms with E-state index in [1.807, 2.05) is 0 Å². The predicted molar refractivity (Wildman–Crippen MR) is 60.5 cm³/mol. The van der Waals surface area contributed by atoms with Gasteiger partial charge in [-0.15, -0.1) is 19.6 Å². The van der Waals surface area contributed by atoms with Crippen LogP contribution in [0, 0.1) is 12.3 Å². The third-order valence-electron chi connectivity index (χ3n) is 1.81. The van der Waals surface area contributed by atoms with E-state index >= 15 is 0 Å². The van der Waals surface area contributed by atoms with Crippen molar-refractivity contribution in [2.75, 3.05) is 13.2 Å².